The van der Waals surface area contributed by atoms with Gasteiger partial charge in [-0.15, -0.1) is 11.3 Å². The number of hydrogen-bond donors (Lipinski definition) is 0. The lowest BCUT2D eigenvalue weighted by atomic mass is 9.93. The van der Waals surface area contributed by atoms with Crippen molar-refractivity contribution in [2.24, 2.45) is 0 Å². The summed E-state index contributed by atoms with van der Waals surface area (Å²) in [5, 5.41) is 1.94. The zero-order chi connectivity index (χ0) is 22.8. The molecule has 1 aromatic heterocycles. The fourth-order valence-corrected chi connectivity index (χ4v) is 5.19. The molecule has 32 heavy (non-hydrogen) atoms. The Balaban J connectivity index is 1.52. The topological polar surface area (TPSA) is 55.8 Å². The number of carbonyl (C=O) groups excluding carboxylic acids is 2. The van der Waals surface area contributed by atoms with Gasteiger partial charge in [0.1, 0.15) is 18.4 Å². The molecule has 4 rings (SSSR count). The average Bonchev–Trinajstić information content (AvgIpc) is 3.25. The van der Waals surface area contributed by atoms with Gasteiger partial charge < -0.3 is 14.4 Å². The zero-order valence-corrected chi connectivity index (χ0v) is 19.6. The summed E-state index contributed by atoms with van der Waals surface area (Å²) in [7, 11) is 1.36. The van der Waals surface area contributed by atoms with Crippen molar-refractivity contribution in [3.63, 3.8) is 0 Å². The SMILES string of the molecule is COC(=O)C1Cc2ccccc2CN1C(=O)c1cc(COc2c(C)cc(C)cc2C)cs1. The molecule has 0 saturated carbocycles. The van der Waals surface area contributed by atoms with Gasteiger partial charge in [-0.05, 0) is 54.5 Å². The summed E-state index contributed by atoms with van der Waals surface area (Å²) < 4.78 is 11.1. The van der Waals surface area contributed by atoms with E-state index in [1.54, 1.807) is 4.90 Å². The van der Waals surface area contributed by atoms with E-state index in [9.17, 15) is 9.59 Å². The first kappa shape index (κ1) is 22.1. The van der Waals surface area contributed by atoms with Crippen LogP contribution in [-0.2, 0) is 29.1 Å². The molecule has 6 heteroatoms. The van der Waals surface area contributed by atoms with Crippen LogP contribution in [0.3, 0.4) is 0 Å². The third-order valence-electron chi connectivity index (χ3n) is 5.84. The van der Waals surface area contributed by atoms with Gasteiger partial charge in [-0.1, -0.05) is 42.0 Å². The standard InChI is InChI=1S/C26H27NO4S/c1-16-9-17(2)24(18(3)10-16)31-14-19-11-23(32-15-19)25(28)27-13-21-8-6-5-7-20(21)12-22(27)26(29)30-4/h5-11,15,22H,12-14H2,1-4H3. The van der Waals surface area contributed by atoms with E-state index in [0.29, 0.717) is 24.4 Å². The van der Waals surface area contributed by atoms with Crippen molar-refractivity contribution in [1.29, 1.82) is 0 Å². The lowest BCUT2D eigenvalue weighted by molar-refractivity contribution is -0.146. The minimum Gasteiger partial charge on any atom is -0.488 e. The summed E-state index contributed by atoms with van der Waals surface area (Å²) in [5.41, 5.74) is 6.48. The first-order valence-corrected chi connectivity index (χ1v) is 11.5. The van der Waals surface area contributed by atoms with E-state index in [1.807, 2.05) is 49.6 Å². The molecule has 2 aromatic carbocycles. The van der Waals surface area contributed by atoms with Crippen molar-refractivity contribution in [3.05, 3.63) is 86.1 Å². The fourth-order valence-electron chi connectivity index (χ4n) is 4.34. The smallest absolute Gasteiger partial charge is 0.328 e. The Morgan fingerprint density at radius 3 is 2.44 bits per heavy atom. The average molecular weight is 450 g/mol. The molecular weight excluding hydrogens is 422 g/mol. The Bertz CT molecular complexity index is 1140. The second-order valence-electron chi connectivity index (χ2n) is 8.28. The van der Waals surface area contributed by atoms with Crippen LogP contribution in [0.1, 0.15) is 43.1 Å². The van der Waals surface area contributed by atoms with Gasteiger partial charge in [0.15, 0.2) is 0 Å². The van der Waals surface area contributed by atoms with Crippen LogP contribution in [0.25, 0.3) is 0 Å². The zero-order valence-electron chi connectivity index (χ0n) is 18.8. The number of fused-ring (bicyclic) bond motifs is 1. The fraction of sp³-hybridized carbons (Fsp3) is 0.308. The molecular formula is C26H27NO4S. The van der Waals surface area contributed by atoms with Crippen molar-refractivity contribution in [1.82, 2.24) is 4.90 Å². The molecule has 2 heterocycles. The molecule has 5 nitrogen and oxygen atoms in total. The van der Waals surface area contributed by atoms with Crippen LogP contribution in [0, 0.1) is 20.8 Å². The molecule has 0 saturated heterocycles. The van der Waals surface area contributed by atoms with Gasteiger partial charge in [0.2, 0.25) is 0 Å². The van der Waals surface area contributed by atoms with E-state index in [-0.39, 0.29) is 5.91 Å². The first-order chi connectivity index (χ1) is 15.4. The van der Waals surface area contributed by atoms with Gasteiger partial charge in [-0.25, -0.2) is 4.79 Å². The lowest BCUT2D eigenvalue weighted by Crippen LogP contribution is -2.49. The van der Waals surface area contributed by atoms with Crippen LogP contribution < -0.4 is 4.74 Å². The highest BCUT2D eigenvalue weighted by Crippen LogP contribution is 2.29. The van der Waals surface area contributed by atoms with Crippen molar-refractivity contribution < 1.29 is 19.1 Å². The number of benzene rings is 2. The number of nitrogens with zero attached hydrogens (tertiary/aromatic N) is 1. The maximum Gasteiger partial charge on any atom is 0.328 e. The molecule has 1 aliphatic rings. The predicted molar refractivity (Wildman–Crippen MR) is 125 cm³/mol. The number of carbonyl (C=O) groups is 2. The highest BCUT2D eigenvalue weighted by molar-refractivity contribution is 7.12. The van der Waals surface area contributed by atoms with Gasteiger partial charge in [-0.3, -0.25) is 4.79 Å². The lowest BCUT2D eigenvalue weighted by Gasteiger charge is -2.34. The van der Waals surface area contributed by atoms with E-state index < -0.39 is 12.0 Å². The van der Waals surface area contributed by atoms with E-state index in [0.717, 1.165) is 33.6 Å². The van der Waals surface area contributed by atoms with Crippen LogP contribution in [0.5, 0.6) is 5.75 Å². The second-order valence-corrected chi connectivity index (χ2v) is 9.19. The van der Waals surface area contributed by atoms with Gasteiger partial charge in [0.05, 0.1) is 12.0 Å². The van der Waals surface area contributed by atoms with Crippen LogP contribution in [0.4, 0.5) is 0 Å². The molecule has 0 radical (unpaired) electrons. The molecule has 1 atom stereocenters. The molecule has 1 amide bonds. The van der Waals surface area contributed by atoms with E-state index >= 15 is 0 Å². The predicted octanol–water partition coefficient (Wildman–Crippen LogP) is 4.99. The maximum atomic E-state index is 13.4. The number of aryl methyl sites for hydroxylation is 3. The minimum atomic E-state index is -0.623. The molecule has 1 aliphatic heterocycles. The summed E-state index contributed by atoms with van der Waals surface area (Å²) in [6.07, 6.45) is 0.460. The maximum absolute atomic E-state index is 13.4. The van der Waals surface area contributed by atoms with Crippen molar-refractivity contribution in [2.75, 3.05) is 7.11 Å². The normalized spacial score (nSPS) is 15.2. The summed E-state index contributed by atoms with van der Waals surface area (Å²) in [6, 6.07) is 13.4. The molecule has 0 fully saturated rings. The van der Waals surface area contributed by atoms with E-state index in [4.69, 9.17) is 9.47 Å². The summed E-state index contributed by atoms with van der Waals surface area (Å²) in [6.45, 7) is 6.93. The number of hydrogen-bond acceptors (Lipinski definition) is 5. The molecule has 3 aromatic rings. The summed E-state index contributed by atoms with van der Waals surface area (Å²) >= 11 is 1.38. The molecule has 0 N–H and O–H groups in total. The highest BCUT2D eigenvalue weighted by Gasteiger charge is 2.36. The van der Waals surface area contributed by atoms with Gasteiger partial charge >= 0.3 is 5.97 Å². The van der Waals surface area contributed by atoms with Gasteiger partial charge in [-0.2, -0.15) is 0 Å². The number of amides is 1. The number of rotatable bonds is 5. The number of esters is 1. The number of thiophene rings is 1. The van der Waals surface area contributed by atoms with Crippen molar-refractivity contribution in [3.8, 4) is 5.75 Å². The van der Waals surface area contributed by atoms with Crippen molar-refractivity contribution in [2.45, 2.75) is 46.4 Å². The van der Waals surface area contributed by atoms with Crippen LogP contribution in [0.15, 0.2) is 47.8 Å². The van der Waals surface area contributed by atoms with E-state index in [1.165, 1.54) is 24.0 Å². The Labute approximate surface area is 192 Å². The molecule has 0 aliphatic carbocycles. The highest BCUT2D eigenvalue weighted by atomic mass is 32.1. The molecule has 0 bridgehead atoms. The quantitative estimate of drug-likeness (QED) is 0.515. The molecule has 1 unspecified atom stereocenters. The summed E-state index contributed by atoms with van der Waals surface area (Å²) in [5.74, 6) is 0.334. The van der Waals surface area contributed by atoms with Crippen LogP contribution in [-0.4, -0.2) is 29.9 Å². The number of ether oxygens (including phenoxy) is 2. The summed E-state index contributed by atoms with van der Waals surface area (Å²) in [4.78, 5) is 28.0. The number of methoxy groups -OCH3 is 1. The Hall–Kier alpha value is -3.12. The molecule has 166 valence electrons. The second kappa shape index (κ2) is 9.17. The van der Waals surface area contributed by atoms with Crippen LogP contribution >= 0.6 is 11.3 Å². The van der Waals surface area contributed by atoms with E-state index in [2.05, 4.69) is 19.1 Å². The molecule has 0 spiro atoms. The van der Waals surface area contributed by atoms with Crippen LogP contribution in [0.2, 0.25) is 0 Å². The Kier molecular flexibility index (Phi) is 6.33. The Morgan fingerprint density at radius 1 is 1.06 bits per heavy atom. The Morgan fingerprint density at radius 2 is 1.75 bits per heavy atom. The van der Waals surface area contributed by atoms with Gasteiger partial charge in [0, 0.05) is 18.5 Å². The monoisotopic (exact) mass is 449 g/mol. The van der Waals surface area contributed by atoms with Gasteiger partial charge in [0.25, 0.3) is 5.91 Å². The first-order valence-electron chi connectivity index (χ1n) is 10.6. The minimum absolute atomic E-state index is 0.158. The largest absolute Gasteiger partial charge is 0.488 e. The third kappa shape index (κ3) is 4.41. The van der Waals surface area contributed by atoms with Crippen molar-refractivity contribution >= 4 is 23.2 Å². The third-order valence-corrected chi connectivity index (χ3v) is 6.80.